The number of nitrogen functional groups attached to an aromatic ring is 1. The molecule has 0 radical (unpaired) electrons. The molecule has 1 saturated carbocycles. The van der Waals surface area contributed by atoms with Crippen LogP contribution < -0.4 is 11.1 Å². The van der Waals surface area contributed by atoms with Gasteiger partial charge < -0.3 is 16.2 Å². The number of aromatic hydroxyl groups is 1. The first-order valence-electron chi connectivity index (χ1n) is 5.11. The fourth-order valence-corrected chi connectivity index (χ4v) is 1.97. The van der Waals surface area contributed by atoms with Crippen molar-refractivity contribution in [3.8, 4) is 5.75 Å². The zero-order chi connectivity index (χ0) is 9.97. The van der Waals surface area contributed by atoms with Gasteiger partial charge in [0.15, 0.2) is 0 Å². The first-order valence-corrected chi connectivity index (χ1v) is 5.11. The van der Waals surface area contributed by atoms with E-state index in [0.717, 1.165) is 5.69 Å². The highest BCUT2D eigenvalue weighted by atomic mass is 16.3. The molecule has 14 heavy (non-hydrogen) atoms. The monoisotopic (exact) mass is 192 g/mol. The zero-order valence-corrected chi connectivity index (χ0v) is 8.16. The fourth-order valence-electron chi connectivity index (χ4n) is 1.97. The van der Waals surface area contributed by atoms with Gasteiger partial charge in [0.25, 0.3) is 0 Å². The summed E-state index contributed by atoms with van der Waals surface area (Å²) < 4.78 is 0. The molecular formula is C11H16N2O. The largest absolute Gasteiger partial charge is 0.508 e. The third-order valence-electron chi connectivity index (χ3n) is 2.75. The van der Waals surface area contributed by atoms with Crippen molar-refractivity contribution in [3.05, 3.63) is 18.2 Å². The first-order chi connectivity index (χ1) is 6.75. The molecule has 2 rings (SSSR count). The minimum atomic E-state index is 0.222. The first kappa shape index (κ1) is 9.19. The van der Waals surface area contributed by atoms with Crippen LogP contribution in [0.1, 0.15) is 25.7 Å². The van der Waals surface area contributed by atoms with Gasteiger partial charge in [0.1, 0.15) is 5.75 Å². The Hall–Kier alpha value is -1.38. The molecule has 0 unspecified atom stereocenters. The van der Waals surface area contributed by atoms with E-state index >= 15 is 0 Å². The van der Waals surface area contributed by atoms with Crippen molar-refractivity contribution in [2.45, 2.75) is 31.7 Å². The van der Waals surface area contributed by atoms with Gasteiger partial charge in [-0.25, -0.2) is 0 Å². The van der Waals surface area contributed by atoms with E-state index < -0.39 is 0 Å². The minimum Gasteiger partial charge on any atom is -0.508 e. The van der Waals surface area contributed by atoms with Crippen LogP contribution in [0, 0.1) is 0 Å². The number of hydrogen-bond donors (Lipinski definition) is 3. The van der Waals surface area contributed by atoms with E-state index in [9.17, 15) is 5.11 Å². The third kappa shape index (κ3) is 1.92. The molecule has 0 aliphatic heterocycles. The van der Waals surface area contributed by atoms with E-state index in [2.05, 4.69) is 5.32 Å². The van der Waals surface area contributed by atoms with Crippen LogP contribution in [0.4, 0.5) is 11.4 Å². The quantitative estimate of drug-likeness (QED) is 0.498. The van der Waals surface area contributed by atoms with Gasteiger partial charge in [0.05, 0.1) is 11.4 Å². The number of nitrogens with one attached hydrogen (secondary N) is 1. The molecule has 1 aliphatic rings. The molecule has 3 heteroatoms. The number of hydrogen-bond acceptors (Lipinski definition) is 3. The minimum absolute atomic E-state index is 0.222. The van der Waals surface area contributed by atoms with Crippen molar-refractivity contribution in [3.63, 3.8) is 0 Å². The van der Waals surface area contributed by atoms with Crippen LogP contribution in [-0.4, -0.2) is 11.1 Å². The molecular weight excluding hydrogens is 176 g/mol. The Bertz CT molecular complexity index is 319. The lowest BCUT2D eigenvalue weighted by molar-refractivity contribution is 0.475. The van der Waals surface area contributed by atoms with Crippen molar-refractivity contribution in [2.75, 3.05) is 11.1 Å². The van der Waals surface area contributed by atoms with Gasteiger partial charge in [-0.1, -0.05) is 12.8 Å². The molecule has 1 fully saturated rings. The van der Waals surface area contributed by atoms with Gasteiger partial charge >= 0.3 is 0 Å². The summed E-state index contributed by atoms with van der Waals surface area (Å²) in [4.78, 5) is 0. The smallest absolute Gasteiger partial charge is 0.117 e. The molecule has 1 aliphatic carbocycles. The molecule has 76 valence electrons. The average Bonchev–Trinajstić information content (AvgIpc) is 2.62. The summed E-state index contributed by atoms with van der Waals surface area (Å²) in [6, 6.07) is 5.63. The highest BCUT2D eigenvalue weighted by Crippen LogP contribution is 2.27. The summed E-state index contributed by atoms with van der Waals surface area (Å²) in [5.74, 6) is 0.222. The number of benzene rings is 1. The second kappa shape index (κ2) is 3.78. The molecule has 3 nitrogen and oxygen atoms in total. The Kier molecular flexibility index (Phi) is 2.48. The lowest BCUT2D eigenvalue weighted by Gasteiger charge is -2.15. The molecule has 0 amide bonds. The van der Waals surface area contributed by atoms with Gasteiger partial charge in [0, 0.05) is 12.1 Å². The number of phenols is 1. The third-order valence-corrected chi connectivity index (χ3v) is 2.75. The maximum atomic E-state index is 9.19. The van der Waals surface area contributed by atoms with Crippen LogP contribution in [0.3, 0.4) is 0 Å². The summed E-state index contributed by atoms with van der Waals surface area (Å²) in [5.41, 5.74) is 7.34. The predicted octanol–water partition coefficient (Wildman–Crippen LogP) is 2.33. The van der Waals surface area contributed by atoms with Gasteiger partial charge in [-0.05, 0) is 25.0 Å². The number of rotatable bonds is 2. The second-order valence-electron chi connectivity index (χ2n) is 3.90. The maximum absolute atomic E-state index is 9.19. The van der Waals surface area contributed by atoms with Crippen LogP contribution in [-0.2, 0) is 0 Å². The molecule has 0 aromatic heterocycles. The number of nitrogens with two attached hydrogens (primary N) is 1. The lowest BCUT2D eigenvalue weighted by Crippen LogP contribution is -2.15. The van der Waals surface area contributed by atoms with E-state index in [-0.39, 0.29) is 5.75 Å². The Morgan fingerprint density at radius 3 is 2.64 bits per heavy atom. The summed E-state index contributed by atoms with van der Waals surface area (Å²) in [7, 11) is 0. The molecule has 1 aromatic rings. The average molecular weight is 192 g/mol. The second-order valence-corrected chi connectivity index (χ2v) is 3.90. The Morgan fingerprint density at radius 2 is 2.00 bits per heavy atom. The summed E-state index contributed by atoms with van der Waals surface area (Å²) in [5, 5.41) is 12.6. The van der Waals surface area contributed by atoms with Crippen molar-refractivity contribution < 1.29 is 5.11 Å². The van der Waals surface area contributed by atoms with Crippen molar-refractivity contribution >= 4 is 11.4 Å². The van der Waals surface area contributed by atoms with E-state index in [1.54, 1.807) is 12.1 Å². The predicted molar refractivity (Wildman–Crippen MR) is 58.4 cm³/mol. The summed E-state index contributed by atoms with van der Waals surface area (Å²) in [6.45, 7) is 0. The standard InChI is InChI=1S/C11H16N2O/c12-10-7-9(14)5-6-11(10)13-8-3-1-2-4-8/h5-8,13-14H,1-4,12H2. The normalized spacial score (nSPS) is 17.1. The lowest BCUT2D eigenvalue weighted by atomic mass is 10.2. The molecule has 1 aromatic carbocycles. The van der Waals surface area contributed by atoms with Crippen LogP contribution in [0.15, 0.2) is 18.2 Å². The van der Waals surface area contributed by atoms with E-state index in [4.69, 9.17) is 5.73 Å². The Morgan fingerprint density at radius 1 is 1.29 bits per heavy atom. The molecule has 4 N–H and O–H groups in total. The van der Waals surface area contributed by atoms with Crippen LogP contribution >= 0.6 is 0 Å². The van der Waals surface area contributed by atoms with E-state index in [1.165, 1.54) is 25.7 Å². The van der Waals surface area contributed by atoms with Crippen LogP contribution in [0.5, 0.6) is 5.75 Å². The molecule has 0 spiro atoms. The topological polar surface area (TPSA) is 58.3 Å². The number of anilines is 2. The van der Waals surface area contributed by atoms with E-state index in [0.29, 0.717) is 11.7 Å². The molecule has 0 bridgehead atoms. The molecule has 0 saturated heterocycles. The van der Waals surface area contributed by atoms with Crippen molar-refractivity contribution in [1.29, 1.82) is 0 Å². The summed E-state index contributed by atoms with van der Waals surface area (Å²) in [6.07, 6.45) is 5.05. The maximum Gasteiger partial charge on any atom is 0.117 e. The van der Waals surface area contributed by atoms with Gasteiger partial charge in [-0.3, -0.25) is 0 Å². The Labute approximate surface area is 83.9 Å². The fraction of sp³-hybridized carbons (Fsp3) is 0.455. The van der Waals surface area contributed by atoms with Gasteiger partial charge in [-0.15, -0.1) is 0 Å². The van der Waals surface area contributed by atoms with Crippen LogP contribution in [0.2, 0.25) is 0 Å². The summed E-state index contributed by atoms with van der Waals surface area (Å²) >= 11 is 0. The van der Waals surface area contributed by atoms with Gasteiger partial charge in [0.2, 0.25) is 0 Å². The highest BCUT2D eigenvalue weighted by molar-refractivity contribution is 5.68. The van der Waals surface area contributed by atoms with Crippen LogP contribution in [0.25, 0.3) is 0 Å². The number of phenolic OH excluding ortho intramolecular Hbond substituents is 1. The zero-order valence-electron chi connectivity index (χ0n) is 8.16. The molecule has 0 atom stereocenters. The Balaban J connectivity index is 2.08. The van der Waals surface area contributed by atoms with Crippen molar-refractivity contribution in [1.82, 2.24) is 0 Å². The van der Waals surface area contributed by atoms with E-state index in [1.807, 2.05) is 6.07 Å². The highest BCUT2D eigenvalue weighted by Gasteiger charge is 2.15. The van der Waals surface area contributed by atoms with Crippen molar-refractivity contribution in [2.24, 2.45) is 0 Å². The van der Waals surface area contributed by atoms with Gasteiger partial charge in [-0.2, -0.15) is 0 Å². The SMILES string of the molecule is Nc1cc(O)ccc1NC1CCCC1. The molecule has 0 heterocycles.